The summed E-state index contributed by atoms with van der Waals surface area (Å²) in [5.41, 5.74) is 0. The van der Waals surface area contributed by atoms with Crippen LogP contribution in [0.2, 0.25) is 6.32 Å². The molecule has 0 nitrogen and oxygen atoms in total. The van der Waals surface area contributed by atoms with Crippen LogP contribution in [0.25, 0.3) is 0 Å². The van der Waals surface area contributed by atoms with Crippen LogP contribution in [0.4, 0.5) is 0 Å². The molecular weight excluding hydrogens is 82.9 g/mol. The summed E-state index contributed by atoms with van der Waals surface area (Å²) in [4.78, 5) is 0. The molecule has 0 aromatic heterocycles. The highest BCUT2D eigenvalue weighted by Gasteiger charge is 1.66. The van der Waals surface area contributed by atoms with E-state index in [1.807, 2.05) is 0 Å². The molecule has 0 N–H and O–H groups in total. The molecule has 0 heterocycles. The minimum atomic E-state index is 1.00. The van der Waals surface area contributed by atoms with Crippen molar-refractivity contribution in [1.29, 1.82) is 0 Å². The van der Waals surface area contributed by atoms with Gasteiger partial charge in [0.1, 0.15) is 7.85 Å². The fourth-order valence-electron chi connectivity index (χ4n) is 0.338. The maximum Gasteiger partial charge on any atom is 0.102 e. The summed E-state index contributed by atoms with van der Waals surface area (Å²) in [6, 6.07) is 0. The Morgan fingerprint density at radius 2 is 2.14 bits per heavy atom. The van der Waals surface area contributed by atoms with Crippen LogP contribution in [0.15, 0.2) is 0 Å². The van der Waals surface area contributed by atoms with Gasteiger partial charge in [-0.2, -0.15) is 0 Å². The molecule has 0 fully saturated rings. The van der Waals surface area contributed by atoms with Crippen LogP contribution in [-0.2, 0) is 0 Å². The molecule has 1 heteroatoms. The van der Waals surface area contributed by atoms with Crippen molar-refractivity contribution < 1.29 is 0 Å². The molecule has 0 aliphatic carbocycles. The third-order valence-corrected chi connectivity index (χ3v) is 0.677. The molecule has 0 amide bonds. The van der Waals surface area contributed by atoms with E-state index in [9.17, 15) is 0 Å². The molecule has 0 aromatic rings. The largest absolute Gasteiger partial charge is 0.104 e. The lowest BCUT2D eigenvalue weighted by Crippen LogP contribution is -1.63. The Morgan fingerprint density at radius 3 is 2.57 bits per heavy atom. The van der Waals surface area contributed by atoms with Crippen molar-refractivity contribution in [2.24, 2.45) is 0 Å². The minimum Gasteiger partial charge on any atom is -0.104 e. The second kappa shape index (κ2) is 5.62. The highest BCUT2D eigenvalue weighted by Crippen LogP contribution is 1.78. The quantitative estimate of drug-likeness (QED) is 0.333. The summed E-state index contributed by atoms with van der Waals surface area (Å²) in [5, 5.41) is 0. The molecular formula is C6H11B. The van der Waals surface area contributed by atoms with Gasteiger partial charge < -0.3 is 0 Å². The standard InChI is InChI=1S/C6H11B/c1-2-3-4-5-6-7/h2,5-7H2,1H3. The minimum absolute atomic E-state index is 1.00. The molecule has 0 spiro atoms. The molecule has 0 bridgehead atoms. The topological polar surface area (TPSA) is 0 Å². The summed E-state index contributed by atoms with van der Waals surface area (Å²) in [7, 11) is 2.14. The van der Waals surface area contributed by atoms with Crippen molar-refractivity contribution in [1.82, 2.24) is 0 Å². The summed E-state index contributed by atoms with van der Waals surface area (Å²) in [6.07, 6.45) is 3.25. The van der Waals surface area contributed by atoms with E-state index in [0.717, 1.165) is 12.8 Å². The SMILES string of the molecule is BCCC#CCC. The summed E-state index contributed by atoms with van der Waals surface area (Å²) >= 11 is 0. The molecule has 0 saturated heterocycles. The highest BCUT2D eigenvalue weighted by atomic mass is 13.7. The van der Waals surface area contributed by atoms with Gasteiger partial charge in [0.05, 0.1) is 0 Å². The zero-order chi connectivity index (χ0) is 5.54. The predicted molar refractivity (Wildman–Crippen MR) is 36.0 cm³/mol. The van der Waals surface area contributed by atoms with Crippen LogP contribution < -0.4 is 0 Å². The Kier molecular flexibility index (Phi) is 5.32. The van der Waals surface area contributed by atoms with E-state index in [2.05, 4.69) is 26.6 Å². The zero-order valence-corrected chi connectivity index (χ0v) is 5.12. The number of rotatable bonds is 1. The lowest BCUT2D eigenvalue weighted by molar-refractivity contribution is 1.23. The third kappa shape index (κ3) is 5.62. The first-order chi connectivity index (χ1) is 3.41. The van der Waals surface area contributed by atoms with Gasteiger partial charge in [0, 0.05) is 12.8 Å². The molecule has 0 unspecified atom stereocenters. The second-order valence-electron chi connectivity index (χ2n) is 1.46. The van der Waals surface area contributed by atoms with Crippen molar-refractivity contribution in [3.8, 4) is 11.8 Å². The van der Waals surface area contributed by atoms with Gasteiger partial charge in [0.2, 0.25) is 0 Å². The van der Waals surface area contributed by atoms with Crippen molar-refractivity contribution >= 4 is 7.85 Å². The monoisotopic (exact) mass is 94.1 g/mol. The molecule has 0 aliphatic rings. The van der Waals surface area contributed by atoms with Crippen LogP contribution >= 0.6 is 0 Å². The lowest BCUT2D eigenvalue weighted by Gasteiger charge is -1.73. The summed E-state index contributed by atoms with van der Waals surface area (Å²) in [5.74, 6) is 6.03. The highest BCUT2D eigenvalue weighted by molar-refractivity contribution is 6.08. The fraction of sp³-hybridized carbons (Fsp3) is 0.667. The maximum atomic E-state index is 3.03. The molecule has 38 valence electrons. The van der Waals surface area contributed by atoms with E-state index >= 15 is 0 Å². The van der Waals surface area contributed by atoms with E-state index in [-0.39, 0.29) is 0 Å². The first-order valence-electron chi connectivity index (χ1n) is 2.87. The Morgan fingerprint density at radius 1 is 1.43 bits per heavy atom. The van der Waals surface area contributed by atoms with E-state index in [4.69, 9.17) is 0 Å². The Balaban J connectivity index is 2.91. The van der Waals surface area contributed by atoms with Gasteiger partial charge in [-0.25, -0.2) is 0 Å². The Hall–Kier alpha value is -0.375. The molecule has 0 aromatic carbocycles. The molecule has 0 radical (unpaired) electrons. The number of hydrogen-bond acceptors (Lipinski definition) is 0. The molecule has 0 atom stereocenters. The summed E-state index contributed by atoms with van der Waals surface area (Å²) < 4.78 is 0. The normalized spacial score (nSPS) is 7.00. The van der Waals surface area contributed by atoms with Crippen LogP contribution in [0.5, 0.6) is 0 Å². The maximum absolute atomic E-state index is 3.03. The fourth-order valence-corrected chi connectivity index (χ4v) is 0.338. The first kappa shape index (κ1) is 6.62. The predicted octanol–water partition coefficient (Wildman–Crippen LogP) is 0.841. The van der Waals surface area contributed by atoms with Crippen LogP contribution in [0.1, 0.15) is 19.8 Å². The van der Waals surface area contributed by atoms with Gasteiger partial charge >= 0.3 is 0 Å². The van der Waals surface area contributed by atoms with Gasteiger partial charge in [0.15, 0.2) is 0 Å². The second-order valence-corrected chi connectivity index (χ2v) is 1.46. The number of hydrogen-bond donors (Lipinski definition) is 0. The van der Waals surface area contributed by atoms with Crippen molar-refractivity contribution in [3.05, 3.63) is 0 Å². The average Bonchev–Trinajstić information content (AvgIpc) is 1.69. The Bertz CT molecular complexity index is 75.9. The zero-order valence-electron chi connectivity index (χ0n) is 5.12. The van der Waals surface area contributed by atoms with E-state index in [1.165, 1.54) is 6.32 Å². The molecule has 0 aliphatic heterocycles. The van der Waals surface area contributed by atoms with Gasteiger partial charge in [-0.1, -0.05) is 13.2 Å². The van der Waals surface area contributed by atoms with Gasteiger partial charge in [-0.15, -0.1) is 11.8 Å². The van der Waals surface area contributed by atoms with Gasteiger partial charge in [-0.3, -0.25) is 0 Å². The summed E-state index contributed by atoms with van der Waals surface area (Å²) in [6.45, 7) is 2.07. The van der Waals surface area contributed by atoms with E-state index in [1.54, 1.807) is 0 Å². The lowest BCUT2D eigenvalue weighted by atomic mass is 10.0. The van der Waals surface area contributed by atoms with Crippen molar-refractivity contribution in [2.75, 3.05) is 0 Å². The Labute approximate surface area is 46.7 Å². The van der Waals surface area contributed by atoms with Crippen molar-refractivity contribution in [2.45, 2.75) is 26.1 Å². The first-order valence-corrected chi connectivity index (χ1v) is 2.87. The van der Waals surface area contributed by atoms with Gasteiger partial charge in [0.25, 0.3) is 0 Å². The average molecular weight is 94.0 g/mol. The smallest absolute Gasteiger partial charge is 0.102 e. The molecule has 7 heavy (non-hydrogen) atoms. The van der Waals surface area contributed by atoms with Crippen LogP contribution in [0, 0.1) is 11.8 Å². The van der Waals surface area contributed by atoms with Gasteiger partial charge in [-0.05, 0) is 0 Å². The molecule has 0 rings (SSSR count). The van der Waals surface area contributed by atoms with Crippen molar-refractivity contribution in [3.63, 3.8) is 0 Å². The van der Waals surface area contributed by atoms with Crippen LogP contribution in [-0.4, -0.2) is 7.85 Å². The van der Waals surface area contributed by atoms with E-state index < -0.39 is 0 Å². The third-order valence-electron chi connectivity index (χ3n) is 0.677. The molecule has 0 saturated carbocycles. The van der Waals surface area contributed by atoms with E-state index in [0.29, 0.717) is 0 Å². The van der Waals surface area contributed by atoms with Crippen LogP contribution in [0.3, 0.4) is 0 Å².